The summed E-state index contributed by atoms with van der Waals surface area (Å²) in [4.78, 5) is 0. The molecule has 0 N–H and O–H groups in total. The zero-order chi connectivity index (χ0) is 7.84. The first-order valence-corrected chi connectivity index (χ1v) is 3.98. The quantitative estimate of drug-likeness (QED) is 0.549. The van der Waals surface area contributed by atoms with Gasteiger partial charge in [-0.2, -0.15) is 0 Å². The molecular formula is C10H12O. The maximum absolute atomic E-state index is 5.48. The molecule has 1 heterocycles. The number of hydrogen-bond acceptors (Lipinski definition) is 1. The van der Waals surface area contributed by atoms with Crippen molar-refractivity contribution in [2.24, 2.45) is 0 Å². The third-order valence-electron chi connectivity index (χ3n) is 2.23. The summed E-state index contributed by atoms with van der Waals surface area (Å²) in [5.74, 6) is 0. The van der Waals surface area contributed by atoms with E-state index < -0.39 is 0 Å². The van der Waals surface area contributed by atoms with Crippen molar-refractivity contribution in [1.82, 2.24) is 0 Å². The standard InChI is InChI=1S/C10H12O/c1-7-3-4-9-6-11-8(2)10(9)5-7/h3-5,8H,6H2,1-2H3/t8-/m1/s1. The van der Waals surface area contributed by atoms with Crippen molar-refractivity contribution in [3.63, 3.8) is 0 Å². The van der Waals surface area contributed by atoms with Crippen LogP contribution in [0.2, 0.25) is 0 Å². The van der Waals surface area contributed by atoms with Crippen molar-refractivity contribution in [3.8, 4) is 0 Å². The van der Waals surface area contributed by atoms with Crippen LogP contribution >= 0.6 is 0 Å². The van der Waals surface area contributed by atoms with Crippen LogP contribution in [0.15, 0.2) is 18.2 Å². The van der Waals surface area contributed by atoms with Gasteiger partial charge in [0.25, 0.3) is 0 Å². The second-order valence-electron chi connectivity index (χ2n) is 3.16. The number of ether oxygens (including phenoxy) is 1. The minimum absolute atomic E-state index is 0.296. The highest BCUT2D eigenvalue weighted by molar-refractivity contribution is 5.34. The van der Waals surface area contributed by atoms with Crippen LogP contribution in [0.3, 0.4) is 0 Å². The van der Waals surface area contributed by atoms with Gasteiger partial charge in [-0.15, -0.1) is 0 Å². The van der Waals surface area contributed by atoms with E-state index in [4.69, 9.17) is 4.74 Å². The van der Waals surface area contributed by atoms with Crippen LogP contribution in [-0.2, 0) is 11.3 Å². The molecule has 1 aliphatic heterocycles. The summed E-state index contributed by atoms with van der Waals surface area (Å²) in [6.07, 6.45) is 0.296. The van der Waals surface area contributed by atoms with Crippen LogP contribution in [0.25, 0.3) is 0 Å². The molecule has 1 aromatic rings. The first kappa shape index (κ1) is 6.86. The third-order valence-corrected chi connectivity index (χ3v) is 2.23. The Hall–Kier alpha value is -0.820. The largest absolute Gasteiger partial charge is 0.369 e. The molecule has 0 saturated carbocycles. The van der Waals surface area contributed by atoms with Crippen LogP contribution in [0.5, 0.6) is 0 Å². The second-order valence-corrected chi connectivity index (χ2v) is 3.16. The predicted molar refractivity (Wildman–Crippen MR) is 44.4 cm³/mol. The molecule has 1 atom stereocenters. The van der Waals surface area contributed by atoms with E-state index in [0.717, 1.165) is 6.61 Å². The highest BCUT2D eigenvalue weighted by atomic mass is 16.5. The lowest BCUT2D eigenvalue weighted by atomic mass is 10.0. The summed E-state index contributed by atoms with van der Waals surface area (Å²) in [6.45, 7) is 5.01. The van der Waals surface area contributed by atoms with Crippen LogP contribution in [0, 0.1) is 6.92 Å². The summed E-state index contributed by atoms with van der Waals surface area (Å²) in [6, 6.07) is 6.52. The van der Waals surface area contributed by atoms with E-state index >= 15 is 0 Å². The highest BCUT2D eigenvalue weighted by Crippen LogP contribution is 2.30. The third kappa shape index (κ3) is 1.05. The number of aryl methyl sites for hydroxylation is 1. The minimum atomic E-state index is 0.296. The number of rotatable bonds is 0. The molecule has 0 spiro atoms. The normalized spacial score (nSPS) is 21.8. The predicted octanol–water partition coefficient (Wildman–Crippen LogP) is 2.59. The Labute approximate surface area is 67.0 Å². The van der Waals surface area contributed by atoms with Crippen molar-refractivity contribution in [1.29, 1.82) is 0 Å². The number of fused-ring (bicyclic) bond motifs is 1. The molecule has 0 amide bonds. The van der Waals surface area contributed by atoms with Gasteiger partial charge in [0.2, 0.25) is 0 Å². The average Bonchev–Trinajstić information content (AvgIpc) is 2.33. The fourth-order valence-electron chi connectivity index (χ4n) is 1.53. The molecule has 58 valence electrons. The topological polar surface area (TPSA) is 9.23 Å². The zero-order valence-electron chi connectivity index (χ0n) is 6.92. The molecule has 0 radical (unpaired) electrons. The Morgan fingerprint density at radius 2 is 2.27 bits per heavy atom. The first-order valence-electron chi connectivity index (χ1n) is 3.98. The Bertz CT molecular complexity index is 278. The monoisotopic (exact) mass is 148 g/mol. The Balaban J connectivity index is 2.52. The first-order chi connectivity index (χ1) is 5.27. The minimum Gasteiger partial charge on any atom is -0.369 e. The highest BCUT2D eigenvalue weighted by Gasteiger charge is 2.17. The fraction of sp³-hybridized carbons (Fsp3) is 0.400. The van der Waals surface area contributed by atoms with Gasteiger partial charge in [-0.1, -0.05) is 23.8 Å². The maximum Gasteiger partial charge on any atom is 0.0805 e. The number of benzene rings is 1. The van der Waals surface area contributed by atoms with E-state index in [-0.39, 0.29) is 0 Å². The lowest BCUT2D eigenvalue weighted by molar-refractivity contribution is 0.0796. The summed E-state index contributed by atoms with van der Waals surface area (Å²) in [5, 5.41) is 0. The SMILES string of the molecule is Cc1ccc2c(c1)[C@@H](C)OC2. The fourth-order valence-corrected chi connectivity index (χ4v) is 1.53. The summed E-state index contributed by atoms with van der Waals surface area (Å²) >= 11 is 0. The average molecular weight is 148 g/mol. The lowest BCUT2D eigenvalue weighted by Crippen LogP contribution is -1.88. The lowest BCUT2D eigenvalue weighted by Gasteiger charge is -2.02. The molecule has 1 nitrogen and oxygen atoms in total. The molecule has 0 fully saturated rings. The van der Waals surface area contributed by atoms with Crippen molar-refractivity contribution >= 4 is 0 Å². The van der Waals surface area contributed by atoms with Gasteiger partial charge in [0, 0.05) is 0 Å². The van der Waals surface area contributed by atoms with Gasteiger partial charge in [-0.3, -0.25) is 0 Å². The Morgan fingerprint density at radius 3 is 3.09 bits per heavy atom. The molecule has 11 heavy (non-hydrogen) atoms. The Morgan fingerprint density at radius 1 is 1.45 bits per heavy atom. The summed E-state index contributed by atoms with van der Waals surface area (Å²) in [5.41, 5.74) is 4.04. The molecule has 1 aliphatic rings. The molecule has 0 aliphatic carbocycles. The van der Waals surface area contributed by atoms with Crippen LogP contribution in [-0.4, -0.2) is 0 Å². The molecule has 0 saturated heterocycles. The molecule has 0 aromatic heterocycles. The van der Waals surface area contributed by atoms with Crippen molar-refractivity contribution < 1.29 is 4.74 Å². The summed E-state index contributed by atoms with van der Waals surface area (Å²) in [7, 11) is 0. The maximum atomic E-state index is 5.48. The zero-order valence-corrected chi connectivity index (χ0v) is 6.92. The molecule has 0 unspecified atom stereocenters. The van der Waals surface area contributed by atoms with Crippen molar-refractivity contribution in [2.75, 3.05) is 0 Å². The van der Waals surface area contributed by atoms with Gasteiger partial charge < -0.3 is 4.74 Å². The van der Waals surface area contributed by atoms with E-state index in [9.17, 15) is 0 Å². The van der Waals surface area contributed by atoms with E-state index in [1.54, 1.807) is 0 Å². The molecule has 1 aromatic carbocycles. The molecular weight excluding hydrogens is 136 g/mol. The van der Waals surface area contributed by atoms with Crippen molar-refractivity contribution in [2.45, 2.75) is 26.6 Å². The van der Waals surface area contributed by atoms with Gasteiger partial charge in [0.05, 0.1) is 12.7 Å². The van der Waals surface area contributed by atoms with Gasteiger partial charge in [-0.05, 0) is 25.0 Å². The van der Waals surface area contributed by atoms with Gasteiger partial charge in [0.1, 0.15) is 0 Å². The van der Waals surface area contributed by atoms with E-state index in [1.165, 1.54) is 16.7 Å². The summed E-state index contributed by atoms with van der Waals surface area (Å²) < 4.78 is 5.48. The van der Waals surface area contributed by atoms with Crippen molar-refractivity contribution in [3.05, 3.63) is 34.9 Å². The smallest absolute Gasteiger partial charge is 0.0805 e. The van der Waals surface area contributed by atoms with E-state index in [1.807, 2.05) is 0 Å². The van der Waals surface area contributed by atoms with Crippen LogP contribution in [0.1, 0.15) is 29.7 Å². The van der Waals surface area contributed by atoms with Gasteiger partial charge >= 0.3 is 0 Å². The molecule has 1 heteroatoms. The van der Waals surface area contributed by atoms with Gasteiger partial charge in [-0.25, -0.2) is 0 Å². The molecule has 2 rings (SSSR count). The number of hydrogen-bond donors (Lipinski definition) is 0. The van der Waals surface area contributed by atoms with Gasteiger partial charge in [0.15, 0.2) is 0 Å². The molecule has 0 bridgehead atoms. The van der Waals surface area contributed by atoms with E-state index in [0.29, 0.717) is 6.10 Å². The second kappa shape index (κ2) is 2.35. The van der Waals surface area contributed by atoms with Crippen LogP contribution in [0.4, 0.5) is 0 Å². The van der Waals surface area contributed by atoms with Crippen LogP contribution < -0.4 is 0 Å². The van der Waals surface area contributed by atoms with E-state index in [2.05, 4.69) is 32.0 Å². The Kier molecular flexibility index (Phi) is 1.46.